The minimum atomic E-state index is -1.53. The van der Waals surface area contributed by atoms with E-state index in [1.165, 1.54) is 14.2 Å². The zero-order chi connectivity index (χ0) is 18.8. The van der Waals surface area contributed by atoms with E-state index in [9.17, 15) is 13.2 Å². The molecule has 0 aliphatic heterocycles. The van der Waals surface area contributed by atoms with Crippen molar-refractivity contribution < 1.29 is 22.6 Å². The van der Waals surface area contributed by atoms with Crippen LogP contribution in [0.25, 0.3) is 10.9 Å². The Hall–Kier alpha value is -2.74. The number of benzene rings is 2. The number of nitrogens with zero attached hydrogens (tertiary/aromatic N) is 2. The molecule has 2 aromatic carbocycles. The molecule has 0 saturated heterocycles. The molecule has 0 saturated carbocycles. The van der Waals surface area contributed by atoms with E-state index in [-0.39, 0.29) is 23.2 Å². The van der Waals surface area contributed by atoms with Crippen molar-refractivity contribution in [3.63, 3.8) is 0 Å². The van der Waals surface area contributed by atoms with Gasteiger partial charge in [-0.3, -0.25) is 0 Å². The van der Waals surface area contributed by atoms with Crippen LogP contribution < -0.4 is 14.8 Å². The van der Waals surface area contributed by atoms with Crippen LogP contribution in [-0.4, -0.2) is 24.2 Å². The van der Waals surface area contributed by atoms with E-state index in [0.717, 1.165) is 12.1 Å². The van der Waals surface area contributed by atoms with Gasteiger partial charge in [-0.05, 0) is 23.7 Å². The van der Waals surface area contributed by atoms with Gasteiger partial charge in [0.2, 0.25) is 5.28 Å². The Morgan fingerprint density at radius 3 is 2.38 bits per heavy atom. The molecule has 0 fully saturated rings. The van der Waals surface area contributed by atoms with Crippen molar-refractivity contribution >= 4 is 28.3 Å². The van der Waals surface area contributed by atoms with Gasteiger partial charge in [0.25, 0.3) is 0 Å². The van der Waals surface area contributed by atoms with E-state index >= 15 is 0 Å². The van der Waals surface area contributed by atoms with Crippen LogP contribution in [0.15, 0.2) is 24.3 Å². The molecule has 0 bridgehead atoms. The maximum Gasteiger partial charge on any atom is 0.224 e. The van der Waals surface area contributed by atoms with Gasteiger partial charge >= 0.3 is 0 Å². The summed E-state index contributed by atoms with van der Waals surface area (Å²) >= 11 is 5.93. The summed E-state index contributed by atoms with van der Waals surface area (Å²) < 4.78 is 50.7. The van der Waals surface area contributed by atoms with E-state index in [4.69, 9.17) is 21.1 Å². The largest absolute Gasteiger partial charge is 0.493 e. The molecule has 3 aromatic rings. The van der Waals surface area contributed by atoms with Crippen LogP contribution in [0.4, 0.5) is 19.0 Å². The highest BCUT2D eigenvalue weighted by atomic mass is 35.5. The molecular weight excluding hydrogens is 371 g/mol. The molecule has 0 aliphatic carbocycles. The average Bonchev–Trinajstić information content (AvgIpc) is 2.64. The van der Waals surface area contributed by atoms with E-state index in [2.05, 4.69) is 15.3 Å². The highest BCUT2D eigenvalue weighted by Crippen LogP contribution is 2.34. The van der Waals surface area contributed by atoms with Crippen molar-refractivity contribution in [2.45, 2.75) is 6.54 Å². The van der Waals surface area contributed by atoms with Gasteiger partial charge in [0.05, 0.1) is 19.7 Å². The number of nitrogens with one attached hydrogen (secondary N) is 1. The number of hydrogen-bond donors (Lipinski definition) is 1. The number of ether oxygens (including phenoxy) is 2. The quantitative estimate of drug-likeness (QED) is 0.525. The van der Waals surface area contributed by atoms with Gasteiger partial charge in [0, 0.05) is 23.6 Å². The number of methoxy groups -OCH3 is 2. The number of fused-ring (bicyclic) bond motifs is 1. The minimum absolute atomic E-state index is 0.0435. The van der Waals surface area contributed by atoms with Crippen molar-refractivity contribution in [3.05, 3.63) is 52.6 Å². The predicted octanol–water partition coefficient (Wildman–Crippen LogP) is 4.33. The average molecular weight is 384 g/mol. The maximum absolute atomic E-state index is 13.8. The second-order valence-corrected chi connectivity index (χ2v) is 5.59. The Bertz CT molecular complexity index is 985. The third-order valence-electron chi connectivity index (χ3n) is 3.74. The topological polar surface area (TPSA) is 56.3 Å². The number of rotatable bonds is 5. The van der Waals surface area contributed by atoms with E-state index in [0.29, 0.717) is 22.4 Å². The zero-order valence-corrected chi connectivity index (χ0v) is 14.5. The summed E-state index contributed by atoms with van der Waals surface area (Å²) in [4.78, 5) is 8.19. The van der Waals surface area contributed by atoms with Crippen molar-refractivity contribution in [1.82, 2.24) is 9.97 Å². The molecule has 5 nitrogen and oxygen atoms in total. The Morgan fingerprint density at radius 2 is 1.69 bits per heavy atom. The van der Waals surface area contributed by atoms with Crippen LogP contribution in [0.5, 0.6) is 11.5 Å². The molecule has 3 rings (SSSR count). The second kappa shape index (κ2) is 7.25. The summed E-state index contributed by atoms with van der Waals surface area (Å²) in [6.07, 6.45) is 0. The SMILES string of the molecule is COc1cc2nc(Cl)nc(NCc3ccc(F)c(F)c3F)c2cc1OC. The first-order chi connectivity index (χ1) is 12.4. The highest BCUT2D eigenvalue weighted by Gasteiger charge is 2.15. The summed E-state index contributed by atoms with van der Waals surface area (Å²) in [6, 6.07) is 5.25. The Kier molecular flexibility index (Phi) is 5.03. The van der Waals surface area contributed by atoms with Gasteiger partial charge in [-0.2, -0.15) is 0 Å². The van der Waals surface area contributed by atoms with Gasteiger partial charge in [-0.1, -0.05) is 6.07 Å². The van der Waals surface area contributed by atoms with Crippen molar-refractivity contribution in [3.8, 4) is 11.5 Å². The fourth-order valence-corrected chi connectivity index (χ4v) is 2.62. The highest BCUT2D eigenvalue weighted by molar-refractivity contribution is 6.28. The molecule has 0 amide bonds. The lowest BCUT2D eigenvalue weighted by Crippen LogP contribution is -2.07. The third-order valence-corrected chi connectivity index (χ3v) is 3.90. The number of anilines is 1. The molecular formula is C17H13ClF3N3O2. The van der Waals surface area contributed by atoms with Gasteiger partial charge < -0.3 is 14.8 Å². The molecule has 136 valence electrons. The number of hydrogen-bond acceptors (Lipinski definition) is 5. The van der Waals surface area contributed by atoms with Crippen LogP contribution in [0.1, 0.15) is 5.56 Å². The first-order valence-corrected chi connectivity index (χ1v) is 7.78. The van der Waals surface area contributed by atoms with Crippen molar-refractivity contribution in [2.75, 3.05) is 19.5 Å². The van der Waals surface area contributed by atoms with Gasteiger partial charge in [0.15, 0.2) is 29.0 Å². The minimum Gasteiger partial charge on any atom is -0.493 e. The van der Waals surface area contributed by atoms with Crippen molar-refractivity contribution in [2.24, 2.45) is 0 Å². The van der Waals surface area contributed by atoms with Crippen LogP contribution in [0.3, 0.4) is 0 Å². The zero-order valence-electron chi connectivity index (χ0n) is 13.7. The lowest BCUT2D eigenvalue weighted by Gasteiger charge is -2.13. The maximum atomic E-state index is 13.8. The number of halogens is 4. The molecule has 0 aliphatic rings. The van der Waals surface area contributed by atoms with Gasteiger partial charge in [0.1, 0.15) is 5.82 Å². The molecule has 0 atom stereocenters. The smallest absolute Gasteiger partial charge is 0.224 e. The summed E-state index contributed by atoms with van der Waals surface area (Å²) in [7, 11) is 2.96. The van der Waals surface area contributed by atoms with Crippen LogP contribution >= 0.6 is 11.6 Å². The molecule has 0 unspecified atom stereocenters. The summed E-state index contributed by atoms with van der Waals surface area (Å²) in [6.45, 7) is -0.139. The van der Waals surface area contributed by atoms with Gasteiger partial charge in [-0.25, -0.2) is 23.1 Å². The Balaban J connectivity index is 2.01. The third kappa shape index (κ3) is 3.32. The standard InChI is InChI=1S/C17H13ClF3N3O2/c1-25-12-5-9-11(6-13(12)26-2)23-17(18)24-16(9)22-7-8-3-4-10(19)15(21)14(8)20/h3-6H,7H2,1-2H3,(H,22,23,24). The van der Waals surface area contributed by atoms with Crippen LogP contribution in [0, 0.1) is 17.5 Å². The predicted molar refractivity (Wildman–Crippen MR) is 91.3 cm³/mol. The second-order valence-electron chi connectivity index (χ2n) is 5.25. The first-order valence-electron chi connectivity index (χ1n) is 7.40. The molecule has 1 N–H and O–H groups in total. The summed E-state index contributed by atoms with van der Waals surface area (Å²) in [5.74, 6) is -2.87. The van der Waals surface area contributed by atoms with Crippen molar-refractivity contribution in [1.29, 1.82) is 0 Å². The normalized spacial score (nSPS) is 10.8. The summed E-state index contributed by atoms with van der Waals surface area (Å²) in [5.41, 5.74) is 0.406. The lowest BCUT2D eigenvalue weighted by atomic mass is 10.1. The lowest BCUT2D eigenvalue weighted by molar-refractivity contribution is 0.356. The van der Waals surface area contributed by atoms with Crippen LogP contribution in [-0.2, 0) is 6.54 Å². The number of aromatic nitrogens is 2. The first kappa shape index (κ1) is 18.1. The molecule has 9 heteroatoms. The molecule has 1 aromatic heterocycles. The van der Waals surface area contributed by atoms with Gasteiger partial charge in [-0.15, -0.1) is 0 Å². The fourth-order valence-electron chi connectivity index (χ4n) is 2.44. The van der Waals surface area contributed by atoms with Crippen LogP contribution in [0.2, 0.25) is 5.28 Å². The fraction of sp³-hybridized carbons (Fsp3) is 0.176. The Morgan fingerprint density at radius 1 is 1.00 bits per heavy atom. The summed E-state index contributed by atoms with van der Waals surface area (Å²) in [5, 5.41) is 3.35. The molecule has 1 heterocycles. The monoisotopic (exact) mass is 383 g/mol. The van der Waals surface area contributed by atoms with E-state index < -0.39 is 17.5 Å². The molecule has 0 spiro atoms. The van der Waals surface area contributed by atoms with E-state index in [1.54, 1.807) is 12.1 Å². The Labute approximate surface area is 151 Å². The molecule has 0 radical (unpaired) electrons. The van der Waals surface area contributed by atoms with E-state index in [1.807, 2.05) is 0 Å². The molecule has 26 heavy (non-hydrogen) atoms.